The van der Waals surface area contributed by atoms with Gasteiger partial charge in [0.05, 0.1) is 0 Å². The van der Waals surface area contributed by atoms with E-state index in [2.05, 4.69) is 13.8 Å². The first-order valence-electron chi connectivity index (χ1n) is 6.46. The van der Waals surface area contributed by atoms with Crippen molar-refractivity contribution < 1.29 is 9.18 Å². The van der Waals surface area contributed by atoms with Gasteiger partial charge in [-0.1, -0.05) is 31.6 Å². The molecule has 1 nitrogen and oxygen atoms in total. The number of hydrogen-bond donors (Lipinski definition) is 0. The number of halogens is 1. The van der Waals surface area contributed by atoms with Crippen molar-refractivity contribution in [2.75, 3.05) is 0 Å². The lowest BCUT2D eigenvalue weighted by Gasteiger charge is -2.28. The lowest BCUT2D eigenvalue weighted by atomic mass is 9.75. The van der Waals surface area contributed by atoms with Gasteiger partial charge in [-0.25, -0.2) is 4.39 Å². The third-order valence-electron chi connectivity index (χ3n) is 4.13. The average Bonchev–Trinajstić information content (AvgIpc) is 2.32. The summed E-state index contributed by atoms with van der Waals surface area (Å²) in [5.41, 5.74) is 2.92. The van der Waals surface area contributed by atoms with Gasteiger partial charge in [0.15, 0.2) is 5.78 Å². The molecule has 1 aliphatic rings. The first-order valence-corrected chi connectivity index (χ1v) is 6.46. The van der Waals surface area contributed by atoms with Crippen molar-refractivity contribution in [2.24, 2.45) is 11.8 Å². The Hall–Kier alpha value is -1.44. The summed E-state index contributed by atoms with van der Waals surface area (Å²) in [4.78, 5) is 12.1. The predicted octanol–water partition coefficient (Wildman–Crippen LogP) is 3.93. The molecule has 0 radical (unpaired) electrons. The lowest BCUT2D eigenvalue weighted by molar-refractivity contribution is -0.117. The zero-order valence-corrected chi connectivity index (χ0v) is 11.2. The third-order valence-corrected chi connectivity index (χ3v) is 4.13. The van der Waals surface area contributed by atoms with E-state index in [1.165, 1.54) is 17.7 Å². The van der Waals surface area contributed by atoms with Gasteiger partial charge in [0.25, 0.3) is 0 Å². The van der Waals surface area contributed by atoms with E-state index in [1.807, 2.05) is 13.0 Å². The molecule has 2 rings (SSSR count). The quantitative estimate of drug-likeness (QED) is 0.772. The number of carbonyl (C=O) groups excluding carboxylic acids is 1. The fourth-order valence-corrected chi connectivity index (χ4v) is 2.60. The Morgan fingerprint density at radius 2 is 2.06 bits per heavy atom. The van der Waals surface area contributed by atoms with Crippen LogP contribution in [0, 0.1) is 17.7 Å². The molecule has 0 heterocycles. The SMILES string of the molecule is CC1=C(Cc2cccc(F)c2)C(=O)CC(C)C1C. The molecular formula is C16H19FO. The van der Waals surface area contributed by atoms with Crippen LogP contribution in [0.15, 0.2) is 35.4 Å². The highest BCUT2D eigenvalue weighted by molar-refractivity contribution is 5.97. The molecule has 0 saturated carbocycles. The molecule has 0 bridgehead atoms. The van der Waals surface area contributed by atoms with Gasteiger partial charge in [0, 0.05) is 12.8 Å². The van der Waals surface area contributed by atoms with E-state index in [9.17, 15) is 9.18 Å². The van der Waals surface area contributed by atoms with Gasteiger partial charge >= 0.3 is 0 Å². The van der Waals surface area contributed by atoms with E-state index in [0.717, 1.165) is 11.1 Å². The number of Topliss-reactive ketones (excluding diaryl/α,β-unsaturated/α-hetero) is 1. The number of rotatable bonds is 2. The predicted molar refractivity (Wildman–Crippen MR) is 70.8 cm³/mol. The van der Waals surface area contributed by atoms with E-state index in [0.29, 0.717) is 24.7 Å². The van der Waals surface area contributed by atoms with Crippen LogP contribution in [-0.2, 0) is 11.2 Å². The first-order chi connectivity index (χ1) is 8.49. The minimum Gasteiger partial charge on any atom is -0.295 e. The van der Waals surface area contributed by atoms with Crippen molar-refractivity contribution >= 4 is 5.78 Å². The van der Waals surface area contributed by atoms with Gasteiger partial charge in [-0.15, -0.1) is 0 Å². The molecule has 0 saturated heterocycles. The van der Waals surface area contributed by atoms with Crippen LogP contribution in [0.5, 0.6) is 0 Å². The number of ketones is 1. The Kier molecular flexibility index (Phi) is 3.65. The van der Waals surface area contributed by atoms with Gasteiger partial charge in [-0.05, 0) is 42.0 Å². The summed E-state index contributed by atoms with van der Waals surface area (Å²) in [5.74, 6) is 0.831. The topological polar surface area (TPSA) is 17.1 Å². The molecule has 2 atom stereocenters. The summed E-state index contributed by atoms with van der Waals surface area (Å²) in [5, 5.41) is 0. The van der Waals surface area contributed by atoms with E-state index in [-0.39, 0.29) is 11.6 Å². The summed E-state index contributed by atoms with van der Waals surface area (Å²) >= 11 is 0. The molecule has 1 aromatic rings. The summed E-state index contributed by atoms with van der Waals surface area (Å²) in [7, 11) is 0. The van der Waals surface area contributed by atoms with E-state index in [4.69, 9.17) is 0 Å². The van der Waals surface area contributed by atoms with Crippen LogP contribution in [0.1, 0.15) is 32.8 Å². The molecule has 18 heavy (non-hydrogen) atoms. The highest BCUT2D eigenvalue weighted by atomic mass is 19.1. The highest BCUT2D eigenvalue weighted by Gasteiger charge is 2.28. The van der Waals surface area contributed by atoms with Crippen LogP contribution in [0.3, 0.4) is 0 Å². The van der Waals surface area contributed by atoms with Gasteiger partial charge in [-0.3, -0.25) is 4.79 Å². The van der Waals surface area contributed by atoms with Crippen LogP contribution in [0.25, 0.3) is 0 Å². The monoisotopic (exact) mass is 246 g/mol. The van der Waals surface area contributed by atoms with Crippen molar-refractivity contribution in [2.45, 2.75) is 33.6 Å². The molecule has 1 aliphatic carbocycles. The van der Waals surface area contributed by atoms with E-state index < -0.39 is 0 Å². The van der Waals surface area contributed by atoms with Crippen LogP contribution in [-0.4, -0.2) is 5.78 Å². The molecule has 1 aromatic carbocycles. The minimum absolute atomic E-state index is 0.224. The number of hydrogen-bond acceptors (Lipinski definition) is 1. The zero-order valence-electron chi connectivity index (χ0n) is 11.2. The van der Waals surface area contributed by atoms with E-state index in [1.54, 1.807) is 6.07 Å². The Balaban J connectivity index is 2.30. The molecule has 2 heteroatoms. The second kappa shape index (κ2) is 5.05. The fraction of sp³-hybridized carbons (Fsp3) is 0.438. The second-order valence-electron chi connectivity index (χ2n) is 5.36. The Morgan fingerprint density at radius 1 is 1.33 bits per heavy atom. The molecule has 2 unspecified atom stereocenters. The maximum atomic E-state index is 13.2. The van der Waals surface area contributed by atoms with Crippen molar-refractivity contribution in [3.05, 3.63) is 46.8 Å². The summed E-state index contributed by atoms with van der Waals surface area (Å²) in [6.45, 7) is 6.32. The van der Waals surface area contributed by atoms with Gasteiger partial charge in [0.1, 0.15) is 5.82 Å². The third kappa shape index (κ3) is 2.53. The molecule has 0 amide bonds. The van der Waals surface area contributed by atoms with Crippen molar-refractivity contribution in [3.8, 4) is 0 Å². The Bertz CT molecular complexity index is 502. The maximum absolute atomic E-state index is 13.2. The van der Waals surface area contributed by atoms with Gasteiger partial charge in [-0.2, -0.15) is 0 Å². The Morgan fingerprint density at radius 3 is 2.72 bits per heavy atom. The largest absolute Gasteiger partial charge is 0.295 e. The smallest absolute Gasteiger partial charge is 0.159 e. The first kappa shape index (κ1) is 13.0. The molecule has 0 fully saturated rings. The molecular weight excluding hydrogens is 227 g/mol. The highest BCUT2D eigenvalue weighted by Crippen LogP contribution is 2.33. The molecule has 0 aliphatic heterocycles. The second-order valence-corrected chi connectivity index (χ2v) is 5.36. The van der Waals surface area contributed by atoms with Crippen LogP contribution in [0.4, 0.5) is 4.39 Å². The maximum Gasteiger partial charge on any atom is 0.159 e. The average molecular weight is 246 g/mol. The van der Waals surface area contributed by atoms with Crippen LogP contribution >= 0.6 is 0 Å². The van der Waals surface area contributed by atoms with Crippen molar-refractivity contribution in [3.63, 3.8) is 0 Å². The Labute approximate surface area is 108 Å². The minimum atomic E-state index is -0.240. The standard InChI is InChI=1S/C16H19FO/c1-10-7-16(18)15(12(3)11(10)2)9-13-5-4-6-14(17)8-13/h4-6,8,10-11H,7,9H2,1-3H3. The summed E-state index contributed by atoms with van der Waals surface area (Å²) in [6.07, 6.45) is 1.17. The lowest BCUT2D eigenvalue weighted by Crippen LogP contribution is -2.24. The van der Waals surface area contributed by atoms with Gasteiger partial charge < -0.3 is 0 Å². The summed E-state index contributed by atoms with van der Waals surface area (Å²) in [6, 6.07) is 6.51. The zero-order chi connectivity index (χ0) is 13.3. The summed E-state index contributed by atoms with van der Waals surface area (Å²) < 4.78 is 13.2. The normalized spacial score (nSPS) is 24.6. The molecule has 96 valence electrons. The number of carbonyl (C=O) groups is 1. The van der Waals surface area contributed by atoms with Crippen LogP contribution < -0.4 is 0 Å². The molecule has 0 aromatic heterocycles. The van der Waals surface area contributed by atoms with Crippen molar-refractivity contribution in [1.82, 2.24) is 0 Å². The molecule has 0 spiro atoms. The van der Waals surface area contributed by atoms with Crippen LogP contribution in [0.2, 0.25) is 0 Å². The van der Waals surface area contributed by atoms with Gasteiger partial charge in [0.2, 0.25) is 0 Å². The number of benzene rings is 1. The number of allylic oxidation sites excluding steroid dienone is 2. The van der Waals surface area contributed by atoms with E-state index >= 15 is 0 Å². The molecule has 0 N–H and O–H groups in total. The van der Waals surface area contributed by atoms with Crippen molar-refractivity contribution in [1.29, 1.82) is 0 Å². The fourth-order valence-electron chi connectivity index (χ4n) is 2.60.